The van der Waals surface area contributed by atoms with Crippen molar-refractivity contribution in [3.63, 3.8) is 0 Å². The third-order valence-electron chi connectivity index (χ3n) is 10.2. The van der Waals surface area contributed by atoms with E-state index in [-0.39, 0.29) is 38.6 Å². The van der Waals surface area contributed by atoms with Crippen LogP contribution in [0.2, 0.25) is 0 Å². The molecule has 0 saturated heterocycles. The average molecular weight is 779 g/mol. The SMILES string of the molecule is CCCCCCCCC=CCCCCCCCC(=O)OCC(OCCN(CC)CCO)C(OC(=O)CCCCCCCC=CCCCCCCCC)C(N)=O. The lowest BCUT2D eigenvalue weighted by Gasteiger charge is -2.26. The average Bonchev–Trinajstić information content (AvgIpc) is 3.17. The normalized spacial score (nSPS) is 12.9. The van der Waals surface area contributed by atoms with E-state index in [2.05, 4.69) is 38.2 Å². The molecule has 0 aliphatic carbocycles. The van der Waals surface area contributed by atoms with Crippen molar-refractivity contribution in [1.82, 2.24) is 4.90 Å². The first kappa shape index (κ1) is 52.8. The molecule has 0 rings (SSSR count). The largest absolute Gasteiger partial charge is 0.463 e. The van der Waals surface area contributed by atoms with Crippen molar-refractivity contribution in [2.45, 2.75) is 213 Å². The summed E-state index contributed by atoms with van der Waals surface area (Å²) in [6.45, 7) is 8.15. The van der Waals surface area contributed by atoms with Crippen molar-refractivity contribution in [3.05, 3.63) is 24.3 Å². The third kappa shape index (κ3) is 35.9. The lowest BCUT2D eigenvalue weighted by molar-refractivity contribution is -0.171. The molecule has 322 valence electrons. The van der Waals surface area contributed by atoms with Gasteiger partial charge in [0, 0.05) is 25.9 Å². The summed E-state index contributed by atoms with van der Waals surface area (Å²) in [6, 6.07) is 0. The Morgan fingerprint density at radius 1 is 0.582 bits per heavy atom. The summed E-state index contributed by atoms with van der Waals surface area (Å²) in [5, 5.41) is 9.33. The number of allylic oxidation sites excluding steroid dienone is 4. The number of hydrogen-bond donors (Lipinski definition) is 2. The minimum atomic E-state index is -1.36. The van der Waals surface area contributed by atoms with Crippen LogP contribution in [0.1, 0.15) is 201 Å². The highest BCUT2D eigenvalue weighted by atomic mass is 16.6. The third-order valence-corrected chi connectivity index (χ3v) is 10.2. The van der Waals surface area contributed by atoms with Gasteiger partial charge in [-0.05, 0) is 70.8 Å². The summed E-state index contributed by atoms with van der Waals surface area (Å²) >= 11 is 0. The summed E-state index contributed by atoms with van der Waals surface area (Å²) in [5.74, 6) is -1.71. The second-order valence-electron chi connectivity index (χ2n) is 15.2. The highest BCUT2D eigenvalue weighted by Crippen LogP contribution is 2.14. The fraction of sp³-hybridized carbons (Fsp3) is 0.848. The standard InChI is InChI=1S/C46H86N2O7/c1-4-7-9-11-13-15-17-19-21-23-25-27-29-31-33-35-43(50)54-41-42(53-40-38-48(6-3)37-39-49)45(46(47)52)55-44(51)36-34-32-30-28-26-24-22-20-18-16-14-12-10-8-5-2/h19-22,42,45,49H,4-18,23-41H2,1-3H3,(H2,47,52). The first-order chi connectivity index (χ1) is 26.9. The number of carbonyl (C=O) groups excluding carboxylic acids is 3. The van der Waals surface area contributed by atoms with Crippen LogP contribution in [-0.4, -0.2) is 79.5 Å². The van der Waals surface area contributed by atoms with E-state index in [1.54, 1.807) is 0 Å². The van der Waals surface area contributed by atoms with Crippen LogP contribution in [-0.2, 0) is 28.6 Å². The lowest BCUT2D eigenvalue weighted by atomic mass is 10.1. The first-order valence-corrected chi connectivity index (χ1v) is 22.8. The van der Waals surface area contributed by atoms with E-state index in [0.29, 0.717) is 26.1 Å². The van der Waals surface area contributed by atoms with Crippen LogP contribution in [0.5, 0.6) is 0 Å². The van der Waals surface area contributed by atoms with Gasteiger partial charge in [0.1, 0.15) is 12.7 Å². The Kier molecular flexibility index (Phi) is 39.7. The summed E-state index contributed by atoms with van der Waals surface area (Å²) in [7, 11) is 0. The monoisotopic (exact) mass is 779 g/mol. The molecule has 0 bridgehead atoms. The Bertz CT molecular complexity index is 941. The Balaban J connectivity index is 4.51. The van der Waals surface area contributed by atoms with Crippen molar-refractivity contribution in [2.24, 2.45) is 5.73 Å². The van der Waals surface area contributed by atoms with Gasteiger partial charge in [0.15, 0.2) is 0 Å². The number of amides is 1. The Morgan fingerprint density at radius 3 is 1.42 bits per heavy atom. The van der Waals surface area contributed by atoms with Gasteiger partial charge >= 0.3 is 11.9 Å². The van der Waals surface area contributed by atoms with Gasteiger partial charge in [0.05, 0.1) is 13.2 Å². The van der Waals surface area contributed by atoms with Crippen LogP contribution in [0, 0.1) is 0 Å². The lowest BCUT2D eigenvalue weighted by Crippen LogP contribution is -2.47. The van der Waals surface area contributed by atoms with Crippen LogP contribution < -0.4 is 5.73 Å². The van der Waals surface area contributed by atoms with Gasteiger partial charge in [0.25, 0.3) is 5.91 Å². The molecule has 55 heavy (non-hydrogen) atoms. The van der Waals surface area contributed by atoms with Crippen LogP contribution in [0.25, 0.3) is 0 Å². The highest BCUT2D eigenvalue weighted by molar-refractivity contribution is 5.83. The molecular formula is C46H86N2O7. The summed E-state index contributed by atoms with van der Waals surface area (Å²) in [5.41, 5.74) is 5.69. The number of esters is 2. The molecule has 2 atom stereocenters. The molecule has 0 heterocycles. The number of likely N-dealkylation sites (N-methyl/N-ethyl adjacent to an activating group) is 1. The quantitative estimate of drug-likeness (QED) is 0.0356. The van der Waals surface area contributed by atoms with Crippen LogP contribution >= 0.6 is 0 Å². The molecule has 1 amide bonds. The van der Waals surface area contributed by atoms with Gasteiger partial charge in [0.2, 0.25) is 6.10 Å². The summed E-state index contributed by atoms with van der Waals surface area (Å²) in [4.78, 5) is 39.9. The maximum atomic E-state index is 12.8. The number of aliphatic hydroxyl groups excluding tert-OH is 1. The van der Waals surface area contributed by atoms with Crippen LogP contribution in [0.15, 0.2) is 24.3 Å². The molecule has 0 aliphatic rings. The second kappa shape index (κ2) is 41.4. The van der Waals surface area contributed by atoms with Gasteiger partial charge in [-0.3, -0.25) is 19.3 Å². The van der Waals surface area contributed by atoms with E-state index in [0.717, 1.165) is 70.6 Å². The predicted octanol–water partition coefficient (Wildman–Crippen LogP) is 10.7. The fourth-order valence-electron chi connectivity index (χ4n) is 6.57. The van der Waals surface area contributed by atoms with Crippen molar-refractivity contribution < 1.29 is 33.7 Å². The van der Waals surface area contributed by atoms with Crippen molar-refractivity contribution in [2.75, 3.05) is 39.5 Å². The molecule has 3 N–H and O–H groups in total. The number of rotatable bonds is 42. The van der Waals surface area contributed by atoms with E-state index in [4.69, 9.17) is 19.9 Å². The Hall–Kier alpha value is -2.23. The molecule has 0 saturated carbocycles. The number of nitrogens with zero attached hydrogens (tertiary/aromatic N) is 1. The number of aliphatic hydroxyl groups is 1. The van der Waals surface area contributed by atoms with E-state index in [9.17, 15) is 19.5 Å². The van der Waals surface area contributed by atoms with E-state index < -0.39 is 24.1 Å². The van der Waals surface area contributed by atoms with Gasteiger partial charge < -0.3 is 25.1 Å². The summed E-state index contributed by atoms with van der Waals surface area (Å²) in [6.07, 6.45) is 37.8. The molecule has 9 heteroatoms. The van der Waals surface area contributed by atoms with Gasteiger partial charge in [-0.15, -0.1) is 0 Å². The topological polar surface area (TPSA) is 128 Å². The number of primary amides is 1. The minimum absolute atomic E-state index is 0.0170. The maximum absolute atomic E-state index is 12.8. The zero-order valence-electron chi connectivity index (χ0n) is 35.9. The molecule has 0 radical (unpaired) electrons. The maximum Gasteiger partial charge on any atom is 0.306 e. The predicted molar refractivity (Wildman–Crippen MR) is 228 cm³/mol. The number of hydrogen-bond acceptors (Lipinski definition) is 8. The van der Waals surface area contributed by atoms with Crippen molar-refractivity contribution >= 4 is 17.8 Å². The Labute approximate surface area is 338 Å². The zero-order chi connectivity index (χ0) is 40.5. The second-order valence-corrected chi connectivity index (χ2v) is 15.2. The molecule has 0 aromatic rings. The number of carbonyl (C=O) groups is 3. The number of nitrogens with two attached hydrogens (primary N) is 1. The molecule has 0 aromatic carbocycles. The number of ether oxygens (including phenoxy) is 3. The fourth-order valence-corrected chi connectivity index (χ4v) is 6.57. The minimum Gasteiger partial charge on any atom is -0.463 e. The zero-order valence-corrected chi connectivity index (χ0v) is 35.9. The van der Waals surface area contributed by atoms with Gasteiger partial charge in [-0.2, -0.15) is 0 Å². The molecular weight excluding hydrogens is 693 g/mol. The molecule has 9 nitrogen and oxygen atoms in total. The van der Waals surface area contributed by atoms with Gasteiger partial charge in [-0.1, -0.05) is 148 Å². The summed E-state index contributed by atoms with van der Waals surface area (Å²) < 4.78 is 17.0. The van der Waals surface area contributed by atoms with E-state index in [1.807, 2.05) is 11.8 Å². The van der Waals surface area contributed by atoms with E-state index in [1.165, 1.54) is 89.9 Å². The first-order valence-electron chi connectivity index (χ1n) is 22.8. The van der Waals surface area contributed by atoms with Crippen molar-refractivity contribution in [1.29, 1.82) is 0 Å². The van der Waals surface area contributed by atoms with E-state index >= 15 is 0 Å². The molecule has 0 spiro atoms. The smallest absolute Gasteiger partial charge is 0.306 e. The van der Waals surface area contributed by atoms with Crippen LogP contribution in [0.3, 0.4) is 0 Å². The highest BCUT2D eigenvalue weighted by Gasteiger charge is 2.32. The van der Waals surface area contributed by atoms with Crippen molar-refractivity contribution in [3.8, 4) is 0 Å². The van der Waals surface area contributed by atoms with Crippen LogP contribution in [0.4, 0.5) is 0 Å². The Morgan fingerprint density at radius 2 is 1.00 bits per heavy atom. The molecule has 0 fully saturated rings. The molecule has 2 unspecified atom stereocenters. The number of unbranched alkanes of at least 4 members (excludes halogenated alkanes) is 22. The van der Waals surface area contributed by atoms with Gasteiger partial charge in [-0.25, -0.2) is 0 Å². The molecule has 0 aliphatic heterocycles. The molecule has 0 aromatic heterocycles.